The summed E-state index contributed by atoms with van der Waals surface area (Å²) in [6, 6.07) is 8.55. The lowest BCUT2D eigenvalue weighted by atomic mass is 10.0. The number of hydrogen-bond acceptors (Lipinski definition) is 4. The van der Waals surface area contributed by atoms with E-state index in [1.165, 1.54) is 95.5 Å². The Hall–Kier alpha value is -2.23. The molecule has 0 saturated carbocycles. The first-order valence-electron chi connectivity index (χ1n) is 15.2. The molecule has 2 rings (SSSR count). The standard InChI is InChI=1S/C33H52N2O2/c1-4-6-7-8-9-10-11-12-13-17-20-29-22-24-30(25-23-29)33-34-26-31(27-35-33)37-32(36)21-18-15-14-16-19-28(3)5-2/h22-28H,4-21H2,1-3H3. The third-order valence-corrected chi connectivity index (χ3v) is 7.42. The lowest BCUT2D eigenvalue weighted by molar-refractivity contribution is -0.134. The van der Waals surface area contributed by atoms with Crippen molar-refractivity contribution in [2.75, 3.05) is 0 Å². The summed E-state index contributed by atoms with van der Waals surface area (Å²) in [5, 5.41) is 0. The minimum Gasteiger partial charge on any atom is -0.423 e. The monoisotopic (exact) mass is 508 g/mol. The predicted molar refractivity (Wildman–Crippen MR) is 156 cm³/mol. The Balaban J connectivity index is 1.60. The SMILES string of the molecule is CCCCCCCCCCCCc1ccc(-c2ncc(OC(=O)CCCCCCC(C)CC)cn2)cc1. The molecule has 1 aromatic carbocycles. The van der Waals surface area contributed by atoms with Crippen molar-refractivity contribution >= 4 is 5.97 Å². The number of carbonyl (C=O) groups is 1. The van der Waals surface area contributed by atoms with E-state index < -0.39 is 0 Å². The summed E-state index contributed by atoms with van der Waals surface area (Å²) < 4.78 is 5.42. The molecule has 206 valence electrons. The number of hydrogen-bond donors (Lipinski definition) is 0. The maximum Gasteiger partial charge on any atom is 0.311 e. The van der Waals surface area contributed by atoms with Crippen molar-refractivity contribution in [3.63, 3.8) is 0 Å². The Kier molecular flexibility index (Phi) is 16.6. The van der Waals surface area contributed by atoms with Crippen LogP contribution in [0, 0.1) is 5.92 Å². The zero-order valence-electron chi connectivity index (χ0n) is 24.0. The van der Waals surface area contributed by atoms with Crippen molar-refractivity contribution < 1.29 is 9.53 Å². The molecule has 0 aliphatic carbocycles. The average molecular weight is 509 g/mol. The van der Waals surface area contributed by atoms with Gasteiger partial charge in [0.15, 0.2) is 11.6 Å². The van der Waals surface area contributed by atoms with E-state index in [9.17, 15) is 4.79 Å². The van der Waals surface area contributed by atoms with Gasteiger partial charge in [-0.2, -0.15) is 0 Å². The van der Waals surface area contributed by atoms with Gasteiger partial charge in [0.25, 0.3) is 0 Å². The summed E-state index contributed by atoms with van der Waals surface area (Å²) in [5.74, 6) is 1.68. The van der Waals surface area contributed by atoms with E-state index in [0.717, 1.165) is 30.7 Å². The van der Waals surface area contributed by atoms with Crippen molar-refractivity contribution in [1.82, 2.24) is 9.97 Å². The Bertz CT molecular complexity index is 832. The molecular weight excluding hydrogens is 456 g/mol. The molecule has 37 heavy (non-hydrogen) atoms. The second-order valence-corrected chi connectivity index (χ2v) is 10.8. The highest BCUT2D eigenvalue weighted by atomic mass is 16.5. The summed E-state index contributed by atoms with van der Waals surface area (Å²) in [5.41, 5.74) is 2.36. The predicted octanol–water partition coefficient (Wildman–Crippen LogP) is 9.90. The Morgan fingerprint density at radius 2 is 1.32 bits per heavy atom. The molecule has 0 aliphatic rings. The number of rotatable bonds is 21. The van der Waals surface area contributed by atoms with Crippen LogP contribution in [0.2, 0.25) is 0 Å². The number of esters is 1. The van der Waals surface area contributed by atoms with Gasteiger partial charge in [-0.15, -0.1) is 0 Å². The Morgan fingerprint density at radius 3 is 1.95 bits per heavy atom. The minimum absolute atomic E-state index is 0.199. The van der Waals surface area contributed by atoms with Crippen LogP contribution in [0.25, 0.3) is 11.4 Å². The van der Waals surface area contributed by atoms with Crippen LogP contribution in [0.4, 0.5) is 0 Å². The highest BCUT2D eigenvalue weighted by Gasteiger charge is 2.08. The third kappa shape index (κ3) is 14.3. The number of unbranched alkanes of at least 4 members (excludes halogenated alkanes) is 12. The van der Waals surface area contributed by atoms with Crippen molar-refractivity contribution in [2.24, 2.45) is 5.92 Å². The summed E-state index contributed by atoms with van der Waals surface area (Å²) in [7, 11) is 0. The van der Waals surface area contributed by atoms with E-state index >= 15 is 0 Å². The van der Waals surface area contributed by atoms with Crippen LogP contribution in [0.15, 0.2) is 36.7 Å². The molecule has 4 nitrogen and oxygen atoms in total. The molecule has 0 fully saturated rings. The summed E-state index contributed by atoms with van der Waals surface area (Å²) in [6.07, 6.45) is 25.4. The van der Waals surface area contributed by atoms with Crippen molar-refractivity contribution in [2.45, 2.75) is 136 Å². The molecule has 4 heteroatoms. The van der Waals surface area contributed by atoms with Gasteiger partial charge in [0.1, 0.15) is 0 Å². The first-order valence-corrected chi connectivity index (χ1v) is 15.2. The molecule has 0 aliphatic heterocycles. The molecule has 0 saturated heterocycles. The van der Waals surface area contributed by atoms with Crippen LogP contribution in [0.1, 0.15) is 135 Å². The van der Waals surface area contributed by atoms with E-state index in [2.05, 4.69) is 55.0 Å². The fourth-order valence-electron chi connectivity index (χ4n) is 4.66. The lowest BCUT2D eigenvalue weighted by Gasteiger charge is -2.08. The van der Waals surface area contributed by atoms with Crippen molar-refractivity contribution in [3.8, 4) is 17.1 Å². The maximum atomic E-state index is 12.1. The lowest BCUT2D eigenvalue weighted by Crippen LogP contribution is -2.08. The molecule has 0 radical (unpaired) electrons. The number of benzene rings is 1. The highest BCUT2D eigenvalue weighted by Crippen LogP contribution is 2.20. The molecule has 1 aromatic heterocycles. The average Bonchev–Trinajstić information content (AvgIpc) is 2.92. The molecule has 0 N–H and O–H groups in total. The molecule has 2 aromatic rings. The smallest absolute Gasteiger partial charge is 0.311 e. The quantitative estimate of drug-likeness (QED) is 0.124. The molecule has 0 spiro atoms. The van der Waals surface area contributed by atoms with Crippen LogP contribution >= 0.6 is 0 Å². The molecule has 1 heterocycles. The topological polar surface area (TPSA) is 52.1 Å². The number of nitrogens with zero attached hydrogens (tertiary/aromatic N) is 2. The third-order valence-electron chi connectivity index (χ3n) is 7.42. The number of carbonyl (C=O) groups excluding carboxylic acids is 1. The van der Waals surface area contributed by atoms with Crippen molar-refractivity contribution in [3.05, 3.63) is 42.2 Å². The van der Waals surface area contributed by atoms with E-state index in [4.69, 9.17) is 4.74 Å². The van der Waals surface area contributed by atoms with Crippen LogP contribution in [0.3, 0.4) is 0 Å². The molecule has 1 atom stereocenters. The van der Waals surface area contributed by atoms with Crippen LogP contribution < -0.4 is 4.74 Å². The summed E-state index contributed by atoms with van der Waals surface area (Å²) >= 11 is 0. The van der Waals surface area contributed by atoms with E-state index in [0.29, 0.717) is 18.0 Å². The fraction of sp³-hybridized carbons (Fsp3) is 0.667. The second kappa shape index (κ2) is 19.8. The van der Waals surface area contributed by atoms with Crippen LogP contribution in [-0.2, 0) is 11.2 Å². The van der Waals surface area contributed by atoms with E-state index in [1.54, 1.807) is 12.4 Å². The Labute approximate surface area is 227 Å². The minimum atomic E-state index is -0.199. The number of aryl methyl sites for hydroxylation is 1. The summed E-state index contributed by atoms with van der Waals surface area (Å²) in [6.45, 7) is 6.82. The summed E-state index contributed by atoms with van der Waals surface area (Å²) in [4.78, 5) is 21.0. The van der Waals surface area contributed by atoms with Crippen molar-refractivity contribution in [1.29, 1.82) is 0 Å². The van der Waals surface area contributed by atoms with Gasteiger partial charge in [-0.25, -0.2) is 9.97 Å². The van der Waals surface area contributed by atoms with Gasteiger partial charge < -0.3 is 4.74 Å². The Morgan fingerprint density at radius 1 is 0.757 bits per heavy atom. The second-order valence-electron chi connectivity index (χ2n) is 10.8. The van der Waals surface area contributed by atoms with Gasteiger partial charge in [0.2, 0.25) is 0 Å². The van der Waals surface area contributed by atoms with Gasteiger partial charge in [-0.05, 0) is 30.7 Å². The highest BCUT2D eigenvalue weighted by molar-refractivity contribution is 5.72. The maximum absolute atomic E-state index is 12.1. The molecule has 0 bridgehead atoms. The fourth-order valence-corrected chi connectivity index (χ4v) is 4.66. The van der Waals surface area contributed by atoms with Crippen LogP contribution in [-0.4, -0.2) is 15.9 Å². The first kappa shape index (κ1) is 31.0. The zero-order chi connectivity index (χ0) is 26.6. The first-order chi connectivity index (χ1) is 18.1. The van der Waals surface area contributed by atoms with E-state index in [-0.39, 0.29) is 5.97 Å². The molecule has 0 amide bonds. The van der Waals surface area contributed by atoms with Gasteiger partial charge in [0.05, 0.1) is 12.4 Å². The van der Waals surface area contributed by atoms with Gasteiger partial charge in [-0.1, -0.05) is 135 Å². The van der Waals surface area contributed by atoms with Gasteiger partial charge in [-0.3, -0.25) is 4.79 Å². The number of aromatic nitrogens is 2. The van der Waals surface area contributed by atoms with E-state index in [1.807, 2.05) is 0 Å². The molecule has 1 unspecified atom stereocenters. The largest absolute Gasteiger partial charge is 0.423 e. The molecular formula is C33H52N2O2. The normalized spacial score (nSPS) is 12.0. The van der Waals surface area contributed by atoms with Gasteiger partial charge in [0, 0.05) is 12.0 Å². The number of ether oxygens (including phenoxy) is 1. The zero-order valence-corrected chi connectivity index (χ0v) is 24.0. The van der Waals surface area contributed by atoms with Gasteiger partial charge >= 0.3 is 5.97 Å². The van der Waals surface area contributed by atoms with Crippen LogP contribution in [0.5, 0.6) is 5.75 Å².